The van der Waals surface area contributed by atoms with Crippen LogP contribution in [0.5, 0.6) is 5.75 Å². The first-order chi connectivity index (χ1) is 10.0. The molecule has 21 heavy (non-hydrogen) atoms. The number of nitrogens with zero attached hydrogens (tertiary/aromatic N) is 1. The highest BCUT2D eigenvalue weighted by Gasteiger charge is 2.28. The SMILES string of the molecule is FC(F)(F)COc1ccc(C=NNc2ccccc2)cc1. The van der Waals surface area contributed by atoms with E-state index in [4.69, 9.17) is 0 Å². The molecule has 0 aliphatic rings. The van der Waals surface area contributed by atoms with Crippen LogP contribution < -0.4 is 10.2 Å². The summed E-state index contributed by atoms with van der Waals surface area (Å²) in [4.78, 5) is 0. The summed E-state index contributed by atoms with van der Waals surface area (Å²) in [5.74, 6) is 0.167. The molecule has 0 heterocycles. The van der Waals surface area contributed by atoms with E-state index in [2.05, 4.69) is 15.3 Å². The molecule has 0 aromatic heterocycles. The predicted octanol–water partition coefficient (Wildman–Crippen LogP) is 4.07. The summed E-state index contributed by atoms with van der Waals surface area (Å²) in [6, 6.07) is 15.6. The van der Waals surface area contributed by atoms with Crippen LogP contribution in [0.4, 0.5) is 18.9 Å². The summed E-state index contributed by atoms with van der Waals surface area (Å²) in [5, 5.41) is 4.03. The Bertz CT molecular complexity index is 580. The van der Waals surface area contributed by atoms with E-state index < -0.39 is 12.8 Å². The van der Waals surface area contributed by atoms with Crippen LogP contribution in [0.15, 0.2) is 59.7 Å². The third-order valence-corrected chi connectivity index (χ3v) is 2.46. The lowest BCUT2D eigenvalue weighted by molar-refractivity contribution is -0.153. The van der Waals surface area contributed by atoms with Gasteiger partial charge in [-0.25, -0.2) is 0 Å². The second kappa shape index (κ2) is 6.78. The van der Waals surface area contributed by atoms with Gasteiger partial charge in [0, 0.05) is 0 Å². The minimum Gasteiger partial charge on any atom is -0.484 e. The highest BCUT2D eigenvalue weighted by Crippen LogP contribution is 2.18. The fourth-order valence-electron chi connectivity index (χ4n) is 1.51. The summed E-state index contributed by atoms with van der Waals surface area (Å²) in [5.41, 5.74) is 4.44. The van der Waals surface area contributed by atoms with Crippen molar-refractivity contribution in [3.63, 3.8) is 0 Å². The molecule has 3 nitrogen and oxygen atoms in total. The fraction of sp³-hybridized carbons (Fsp3) is 0.133. The van der Waals surface area contributed by atoms with Crippen molar-refractivity contribution in [1.29, 1.82) is 0 Å². The van der Waals surface area contributed by atoms with Crippen LogP contribution in [0.3, 0.4) is 0 Å². The van der Waals surface area contributed by atoms with Crippen molar-refractivity contribution >= 4 is 11.9 Å². The van der Waals surface area contributed by atoms with Crippen molar-refractivity contribution in [2.45, 2.75) is 6.18 Å². The van der Waals surface area contributed by atoms with Crippen LogP contribution >= 0.6 is 0 Å². The van der Waals surface area contributed by atoms with Gasteiger partial charge in [0.1, 0.15) is 5.75 Å². The van der Waals surface area contributed by atoms with Crippen molar-refractivity contribution in [2.75, 3.05) is 12.0 Å². The van der Waals surface area contributed by atoms with E-state index in [1.807, 2.05) is 30.3 Å². The summed E-state index contributed by atoms with van der Waals surface area (Å²) < 4.78 is 40.6. The van der Waals surface area contributed by atoms with Gasteiger partial charge >= 0.3 is 6.18 Å². The van der Waals surface area contributed by atoms with Gasteiger partial charge in [-0.1, -0.05) is 18.2 Å². The zero-order valence-electron chi connectivity index (χ0n) is 11.0. The zero-order valence-corrected chi connectivity index (χ0v) is 11.0. The molecule has 0 bridgehead atoms. The highest BCUT2D eigenvalue weighted by atomic mass is 19.4. The normalized spacial score (nSPS) is 11.6. The molecular weight excluding hydrogens is 281 g/mol. The molecule has 0 fully saturated rings. The lowest BCUT2D eigenvalue weighted by Crippen LogP contribution is -2.19. The highest BCUT2D eigenvalue weighted by molar-refractivity contribution is 5.80. The molecule has 0 aliphatic carbocycles. The van der Waals surface area contributed by atoms with Gasteiger partial charge in [-0.2, -0.15) is 18.3 Å². The van der Waals surface area contributed by atoms with Gasteiger partial charge in [-0.05, 0) is 42.0 Å². The van der Waals surface area contributed by atoms with Crippen molar-refractivity contribution in [3.05, 3.63) is 60.2 Å². The molecule has 0 amide bonds. The molecule has 0 atom stereocenters. The second-order valence-electron chi connectivity index (χ2n) is 4.21. The van der Waals surface area contributed by atoms with Crippen molar-refractivity contribution < 1.29 is 17.9 Å². The molecule has 0 radical (unpaired) electrons. The number of anilines is 1. The average molecular weight is 294 g/mol. The van der Waals surface area contributed by atoms with Gasteiger partial charge in [0.05, 0.1) is 11.9 Å². The number of ether oxygens (including phenoxy) is 1. The van der Waals surface area contributed by atoms with E-state index in [0.29, 0.717) is 0 Å². The van der Waals surface area contributed by atoms with Gasteiger partial charge in [0.15, 0.2) is 6.61 Å². The number of para-hydroxylation sites is 1. The molecule has 0 unspecified atom stereocenters. The lowest BCUT2D eigenvalue weighted by Gasteiger charge is -2.08. The number of hydrazone groups is 1. The summed E-state index contributed by atoms with van der Waals surface area (Å²) in [6.45, 7) is -1.30. The number of benzene rings is 2. The molecule has 110 valence electrons. The molecule has 0 saturated heterocycles. The Morgan fingerprint density at radius 3 is 2.29 bits per heavy atom. The number of nitrogens with one attached hydrogen (secondary N) is 1. The number of rotatable bonds is 5. The molecule has 0 spiro atoms. The molecule has 2 aromatic rings. The van der Waals surface area contributed by atoms with E-state index in [9.17, 15) is 13.2 Å². The molecule has 1 N–H and O–H groups in total. The van der Waals surface area contributed by atoms with Crippen LogP contribution in [0, 0.1) is 0 Å². The first-order valence-electron chi connectivity index (χ1n) is 6.17. The van der Waals surface area contributed by atoms with Crippen LogP contribution in [0.25, 0.3) is 0 Å². The first kappa shape index (κ1) is 14.9. The Balaban J connectivity index is 1.87. The van der Waals surface area contributed by atoms with Crippen molar-refractivity contribution in [3.8, 4) is 5.75 Å². The van der Waals surface area contributed by atoms with Crippen LogP contribution in [0.1, 0.15) is 5.56 Å². The van der Waals surface area contributed by atoms with Gasteiger partial charge in [-0.15, -0.1) is 0 Å². The second-order valence-corrected chi connectivity index (χ2v) is 4.21. The first-order valence-corrected chi connectivity index (χ1v) is 6.17. The quantitative estimate of drug-likeness (QED) is 0.666. The molecular formula is C15H13F3N2O. The Morgan fingerprint density at radius 2 is 1.67 bits per heavy atom. The molecule has 0 saturated carbocycles. The van der Waals surface area contributed by atoms with Crippen LogP contribution in [-0.4, -0.2) is 19.0 Å². The predicted molar refractivity (Wildman–Crippen MR) is 75.7 cm³/mol. The molecule has 2 rings (SSSR count). The maximum atomic E-state index is 12.0. The lowest BCUT2D eigenvalue weighted by atomic mass is 10.2. The van der Waals surface area contributed by atoms with E-state index in [-0.39, 0.29) is 5.75 Å². The third-order valence-electron chi connectivity index (χ3n) is 2.46. The van der Waals surface area contributed by atoms with Gasteiger partial charge in [-0.3, -0.25) is 5.43 Å². The van der Waals surface area contributed by atoms with E-state index in [1.165, 1.54) is 12.1 Å². The molecule has 6 heteroatoms. The smallest absolute Gasteiger partial charge is 0.422 e. The molecule has 0 aliphatic heterocycles. The molecule has 2 aromatic carbocycles. The number of halogens is 3. The van der Waals surface area contributed by atoms with Gasteiger partial charge < -0.3 is 4.74 Å². The number of alkyl halides is 3. The largest absolute Gasteiger partial charge is 0.484 e. The Morgan fingerprint density at radius 1 is 1.00 bits per heavy atom. The number of hydrogen-bond acceptors (Lipinski definition) is 3. The van der Waals surface area contributed by atoms with E-state index in [1.54, 1.807) is 18.3 Å². The summed E-state index contributed by atoms with van der Waals surface area (Å²) in [7, 11) is 0. The van der Waals surface area contributed by atoms with Crippen LogP contribution in [0.2, 0.25) is 0 Å². The van der Waals surface area contributed by atoms with Crippen molar-refractivity contribution in [1.82, 2.24) is 0 Å². The summed E-state index contributed by atoms with van der Waals surface area (Å²) >= 11 is 0. The Kier molecular flexibility index (Phi) is 4.81. The number of hydrogen-bond donors (Lipinski definition) is 1. The van der Waals surface area contributed by atoms with E-state index in [0.717, 1.165) is 11.3 Å². The summed E-state index contributed by atoms with van der Waals surface area (Å²) in [6.07, 6.45) is -2.76. The zero-order chi connectivity index (χ0) is 15.1. The maximum absolute atomic E-state index is 12.0. The minimum absolute atomic E-state index is 0.167. The standard InChI is InChI=1S/C15H13F3N2O/c16-15(17,18)11-21-14-8-6-12(7-9-14)10-19-20-13-4-2-1-3-5-13/h1-10,20H,11H2. The topological polar surface area (TPSA) is 33.6 Å². The third kappa shape index (κ3) is 5.56. The minimum atomic E-state index is -4.33. The Labute approximate surface area is 120 Å². The monoisotopic (exact) mass is 294 g/mol. The average Bonchev–Trinajstić information content (AvgIpc) is 2.47. The van der Waals surface area contributed by atoms with E-state index >= 15 is 0 Å². The van der Waals surface area contributed by atoms with Gasteiger partial charge in [0.25, 0.3) is 0 Å². The Hall–Kier alpha value is -2.50. The fourth-order valence-corrected chi connectivity index (χ4v) is 1.51. The van der Waals surface area contributed by atoms with Crippen LogP contribution in [-0.2, 0) is 0 Å². The maximum Gasteiger partial charge on any atom is 0.422 e. The van der Waals surface area contributed by atoms with Gasteiger partial charge in [0.2, 0.25) is 0 Å². The van der Waals surface area contributed by atoms with Crippen molar-refractivity contribution in [2.24, 2.45) is 5.10 Å².